The van der Waals surface area contributed by atoms with Crippen molar-refractivity contribution in [2.75, 3.05) is 13.1 Å². The molecule has 17 heavy (non-hydrogen) atoms. The standard InChI is InChI=1S/C13H18N2OS/c1-9-5-10-7-14-8-12(10)15(9)13(16)6-11-3-2-4-17-11/h2-4,9-10,12,14H,5-8H2,1H3. The molecule has 0 saturated carbocycles. The minimum atomic E-state index is 0.302. The van der Waals surface area contributed by atoms with Gasteiger partial charge in [-0.05, 0) is 30.7 Å². The summed E-state index contributed by atoms with van der Waals surface area (Å²) in [5.41, 5.74) is 0. The van der Waals surface area contributed by atoms with E-state index < -0.39 is 0 Å². The Labute approximate surface area is 106 Å². The molecule has 3 heterocycles. The van der Waals surface area contributed by atoms with Gasteiger partial charge in [-0.2, -0.15) is 0 Å². The van der Waals surface area contributed by atoms with Gasteiger partial charge in [0.2, 0.25) is 5.91 Å². The fourth-order valence-corrected chi connectivity index (χ4v) is 3.94. The van der Waals surface area contributed by atoms with Crippen molar-refractivity contribution in [1.29, 1.82) is 0 Å². The quantitative estimate of drug-likeness (QED) is 0.862. The molecule has 2 aliphatic heterocycles. The molecule has 3 nitrogen and oxygen atoms in total. The number of nitrogens with zero attached hydrogens (tertiary/aromatic N) is 1. The van der Waals surface area contributed by atoms with Gasteiger partial charge in [-0.1, -0.05) is 6.07 Å². The summed E-state index contributed by atoms with van der Waals surface area (Å²) < 4.78 is 0. The van der Waals surface area contributed by atoms with Gasteiger partial charge in [0.15, 0.2) is 0 Å². The van der Waals surface area contributed by atoms with Gasteiger partial charge in [0.05, 0.1) is 6.42 Å². The number of carbonyl (C=O) groups is 1. The van der Waals surface area contributed by atoms with E-state index in [9.17, 15) is 4.79 Å². The Morgan fingerprint density at radius 3 is 3.24 bits per heavy atom. The first-order valence-electron chi connectivity index (χ1n) is 6.30. The van der Waals surface area contributed by atoms with Gasteiger partial charge < -0.3 is 10.2 Å². The summed E-state index contributed by atoms with van der Waals surface area (Å²) in [6, 6.07) is 4.92. The number of likely N-dealkylation sites (tertiary alicyclic amines) is 1. The van der Waals surface area contributed by atoms with Gasteiger partial charge in [-0.3, -0.25) is 4.79 Å². The summed E-state index contributed by atoms with van der Waals surface area (Å²) >= 11 is 1.67. The lowest BCUT2D eigenvalue weighted by atomic mass is 10.0. The van der Waals surface area contributed by atoms with Gasteiger partial charge in [0, 0.05) is 30.1 Å². The normalized spacial score (nSPS) is 31.8. The van der Waals surface area contributed by atoms with Crippen molar-refractivity contribution < 1.29 is 4.79 Å². The molecule has 0 aromatic carbocycles. The van der Waals surface area contributed by atoms with E-state index >= 15 is 0 Å². The van der Waals surface area contributed by atoms with Gasteiger partial charge in [0.1, 0.15) is 0 Å². The maximum atomic E-state index is 12.4. The number of carbonyl (C=O) groups excluding carboxylic acids is 1. The van der Waals surface area contributed by atoms with Gasteiger partial charge in [-0.25, -0.2) is 0 Å². The number of nitrogens with one attached hydrogen (secondary N) is 1. The fourth-order valence-electron chi connectivity index (χ4n) is 3.25. The molecule has 92 valence electrons. The van der Waals surface area contributed by atoms with Crippen LogP contribution in [0.25, 0.3) is 0 Å². The lowest BCUT2D eigenvalue weighted by molar-refractivity contribution is -0.132. The summed E-state index contributed by atoms with van der Waals surface area (Å²) in [6.07, 6.45) is 1.74. The molecule has 0 radical (unpaired) electrons. The van der Waals surface area contributed by atoms with Crippen LogP contribution in [0.2, 0.25) is 0 Å². The zero-order valence-electron chi connectivity index (χ0n) is 10.1. The third kappa shape index (κ3) is 2.00. The maximum absolute atomic E-state index is 12.4. The van der Waals surface area contributed by atoms with Gasteiger partial charge >= 0.3 is 0 Å². The predicted octanol–water partition coefficient (Wildman–Crippen LogP) is 1.50. The SMILES string of the molecule is CC1CC2CNCC2N1C(=O)Cc1cccs1. The largest absolute Gasteiger partial charge is 0.335 e. The van der Waals surface area contributed by atoms with E-state index in [-0.39, 0.29) is 0 Å². The van der Waals surface area contributed by atoms with Crippen LogP contribution in [-0.2, 0) is 11.2 Å². The third-order valence-corrected chi connectivity index (χ3v) is 4.85. The first-order valence-corrected chi connectivity index (χ1v) is 7.18. The molecule has 2 fully saturated rings. The second-order valence-electron chi connectivity index (χ2n) is 5.13. The molecule has 3 rings (SSSR count). The summed E-state index contributed by atoms with van der Waals surface area (Å²) in [7, 11) is 0. The summed E-state index contributed by atoms with van der Waals surface area (Å²) in [5, 5.41) is 5.43. The zero-order valence-corrected chi connectivity index (χ0v) is 10.9. The number of fused-ring (bicyclic) bond motifs is 1. The van der Waals surface area contributed by atoms with Crippen molar-refractivity contribution in [1.82, 2.24) is 10.2 Å². The van der Waals surface area contributed by atoms with Crippen LogP contribution < -0.4 is 5.32 Å². The number of hydrogen-bond acceptors (Lipinski definition) is 3. The molecule has 1 aromatic heterocycles. The monoisotopic (exact) mass is 250 g/mol. The van der Waals surface area contributed by atoms with Crippen molar-refractivity contribution in [3.8, 4) is 0 Å². The Morgan fingerprint density at radius 2 is 2.47 bits per heavy atom. The number of rotatable bonds is 2. The van der Waals surface area contributed by atoms with Crippen LogP contribution in [0.5, 0.6) is 0 Å². The van der Waals surface area contributed by atoms with E-state index in [0.717, 1.165) is 19.5 Å². The van der Waals surface area contributed by atoms with E-state index in [1.807, 2.05) is 17.5 Å². The van der Waals surface area contributed by atoms with E-state index in [1.165, 1.54) is 4.88 Å². The fraction of sp³-hybridized carbons (Fsp3) is 0.615. The smallest absolute Gasteiger partial charge is 0.228 e. The number of thiophene rings is 1. The van der Waals surface area contributed by atoms with Crippen molar-refractivity contribution >= 4 is 17.2 Å². The molecule has 0 spiro atoms. The van der Waals surface area contributed by atoms with Crippen LogP contribution >= 0.6 is 11.3 Å². The number of hydrogen-bond donors (Lipinski definition) is 1. The van der Waals surface area contributed by atoms with Crippen LogP contribution in [0.3, 0.4) is 0 Å². The van der Waals surface area contributed by atoms with Crippen LogP contribution in [0, 0.1) is 5.92 Å². The number of amides is 1. The van der Waals surface area contributed by atoms with E-state index in [4.69, 9.17) is 0 Å². The van der Waals surface area contributed by atoms with E-state index in [2.05, 4.69) is 17.1 Å². The molecular weight excluding hydrogens is 232 g/mol. The Hall–Kier alpha value is -0.870. The lowest BCUT2D eigenvalue weighted by Gasteiger charge is -2.27. The second kappa shape index (κ2) is 4.42. The Morgan fingerprint density at radius 1 is 1.59 bits per heavy atom. The highest BCUT2D eigenvalue weighted by Gasteiger charge is 2.43. The predicted molar refractivity (Wildman–Crippen MR) is 69.1 cm³/mol. The van der Waals surface area contributed by atoms with E-state index in [0.29, 0.717) is 30.3 Å². The molecular formula is C13H18N2OS. The van der Waals surface area contributed by atoms with Crippen molar-refractivity contribution in [3.63, 3.8) is 0 Å². The lowest BCUT2D eigenvalue weighted by Crippen LogP contribution is -2.43. The Kier molecular flexibility index (Phi) is 2.92. The molecule has 2 aliphatic rings. The Balaban J connectivity index is 1.72. The minimum absolute atomic E-state index is 0.302. The molecule has 0 aliphatic carbocycles. The van der Waals surface area contributed by atoms with Crippen molar-refractivity contribution in [2.45, 2.75) is 31.8 Å². The first-order chi connectivity index (χ1) is 8.25. The molecule has 3 atom stereocenters. The first kappa shape index (κ1) is 11.2. The summed E-state index contributed by atoms with van der Waals surface area (Å²) in [4.78, 5) is 15.7. The zero-order chi connectivity index (χ0) is 11.8. The second-order valence-corrected chi connectivity index (χ2v) is 6.16. The minimum Gasteiger partial charge on any atom is -0.335 e. The van der Waals surface area contributed by atoms with Crippen LogP contribution in [-0.4, -0.2) is 36.0 Å². The average Bonchev–Trinajstić information content (AvgIpc) is 2.93. The maximum Gasteiger partial charge on any atom is 0.228 e. The van der Waals surface area contributed by atoms with Crippen molar-refractivity contribution in [2.24, 2.45) is 5.92 Å². The van der Waals surface area contributed by atoms with Gasteiger partial charge in [-0.15, -0.1) is 11.3 Å². The highest BCUT2D eigenvalue weighted by atomic mass is 32.1. The van der Waals surface area contributed by atoms with Crippen LogP contribution in [0.4, 0.5) is 0 Å². The molecule has 3 unspecified atom stereocenters. The molecule has 2 saturated heterocycles. The molecule has 1 amide bonds. The molecule has 1 N–H and O–H groups in total. The Bertz CT molecular complexity index is 404. The summed E-state index contributed by atoms with van der Waals surface area (Å²) in [6.45, 7) is 4.24. The highest BCUT2D eigenvalue weighted by molar-refractivity contribution is 7.10. The summed E-state index contributed by atoms with van der Waals surface area (Å²) in [5.74, 6) is 0.980. The van der Waals surface area contributed by atoms with Gasteiger partial charge in [0.25, 0.3) is 0 Å². The molecule has 1 aromatic rings. The average molecular weight is 250 g/mol. The molecule has 0 bridgehead atoms. The van der Waals surface area contributed by atoms with Crippen LogP contribution in [0.1, 0.15) is 18.2 Å². The molecule has 4 heteroatoms. The topological polar surface area (TPSA) is 32.3 Å². The van der Waals surface area contributed by atoms with Crippen LogP contribution in [0.15, 0.2) is 17.5 Å². The highest BCUT2D eigenvalue weighted by Crippen LogP contribution is 2.32. The van der Waals surface area contributed by atoms with E-state index in [1.54, 1.807) is 11.3 Å². The third-order valence-electron chi connectivity index (χ3n) is 3.97. The van der Waals surface area contributed by atoms with Crippen molar-refractivity contribution in [3.05, 3.63) is 22.4 Å².